The van der Waals surface area contributed by atoms with E-state index in [4.69, 9.17) is 11.6 Å². The predicted octanol–water partition coefficient (Wildman–Crippen LogP) is 5.69. The standard InChI is InChI=1S/C22H19ClO2/c23-15-14-21(16-4-2-1-3-5-16)22(17-6-10-19(24)11-7-17)18-8-12-20(25)13-9-18/h1-13,24-25H,14-15H2. The first-order chi connectivity index (χ1) is 12.2. The van der Waals surface area contributed by atoms with Crippen LogP contribution < -0.4 is 0 Å². The molecule has 0 aliphatic carbocycles. The van der Waals surface area contributed by atoms with Gasteiger partial charge in [-0.05, 0) is 58.5 Å². The summed E-state index contributed by atoms with van der Waals surface area (Å²) in [6.45, 7) is 0. The molecule has 0 saturated heterocycles. The number of alkyl halides is 1. The van der Waals surface area contributed by atoms with E-state index in [1.54, 1.807) is 24.3 Å². The molecule has 0 heterocycles. The highest BCUT2D eigenvalue weighted by molar-refractivity contribution is 6.18. The van der Waals surface area contributed by atoms with Gasteiger partial charge in [0.05, 0.1) is 0 Å². The molecular weight excluding hydrogens is 332 g/mol. The molecule has 3 rings (SSSR count). The summed E-state index contributed by atoms with van der Waals surface area (Å²) in [5, 5.41) is 19.3. The molecule has 0 aliphatic rings. The second kappa shape index (κ2) is 7.91. The minimum atomic E-state index is 0.229. The fourth-order valence-corrected chi connectivity index (χ4v) is 3.11. The Morgan fingerprint density at radius 2 is 1.12 bits per heavy atom. The van der Waals surface area contributed by atoms with E-state index in [2.05, 4.69) is 12.1 Å². The van der Waals surface area contributed by atoms with Crippen molar-refractivity contribution < 1.29 is 10.2 Å². The number of benzene rings is 3. The van der Waals surface area contributed by atoms with Gasteiger partial charge in [0, 0.05) is 5.88 Å². The molecule has 0 aliphatic heterocycles. The second-order valence-electron chi connectivity index (χ2n) is 5.75. The molecule has 0 aromatic heterocycles. The van der Waals surface area contributed by atoms with Gasteiger partial charge in [-0.15, -0.1) is 11.6 Å². The molecule has 0 radical (unpaired) electrons. The first kappa shape index (κ1) is 17.1. The second-order valence-corrected chi connectivity index (χ2v) is 6.13. The Morgan fingerprint density at radius 1 is 0.640 bits per heavy atom. The number of phenols is 2. The van der Waals surface area contributed by atoms with E-state index in [0.29, 0.717) is 12.3 Å². The first-order valence-electron chi connectivity index (χ1n) is 8.12. The number of hydrogen-bond acceptors (Lipinski definition) is 2. The van der Waals surface area contributed by atoms with Crippen molar-refractivity contribution in [1.82, 2.24) is 0 Å². The van der Waals surface area contributed by atoms with E-state index in [0.717, 1.165) is 27.8 Å². The van der Waals surface area contributed by atoms with Crippen molar-refractivity contribution in [2.45, 2.75) is 6.42 Å². The Kier molecular flexibility index (Phi) is 5.42. The molecule has 0 bridgehead atoms. The van der Waals surface area contributed by atoms with Crippen LogP contribution in [0.1, 0.15) is 23.1 Å². The lowest BCUT2D eigenvalue weighted by Gasteiger charge is -2.17. The molecule has 2 nitrogen and oxygen atoms in total. The summed E-state index contributed by atoms with van der Waals surface area (Å²) in [5.41, 5.74) is 5.28. The Labute approximate surface area is 152 Å². The predicted molar refractivity (Wildman–Crippen MR) is 104 cm³/mol. The van der Waals surface area contributed by atoms with Gasteiger partial charge in [0.15, 0.2) is 0 Å². The zero-order valence-electron chi connectivity index (χ0n) is 13.7. The topological polar surface area (TPSA) is 40.5 Å². The van der Waals surface area contributed by atoms with E-state index >= 15 is 0 Å². The molecule has 25 heavy (non-hydrogen) atoms. The van der Waals surface area contributed by atoms with Gasteiger partial charge < -0.3 is 10.2 Å². The van der Waals surface area contributed by atoms with E-state index < -0.39 is 0 Å². The van der Waals surface area contributed by atoms with Crippen LogP contribution in [0.5, 0.6) is 11.5 Å². The highest BCUT2D eigenvalue weighted by Gasteiger charge is 2.14. The number of aromatic hydroxyl groups is 2. The Hall–Kier alpha value is -2.71. The number of allylic oxidation sites excluding steroid dienone is 1. The number of rotatable bonds is 5. The van der Waals surface area contributed by atoms with Gasteiger partial charge in [-0.2, -0.15) is 0 Å². The third-order valence-corrected chi connectivity index (χ3v) is 4.27. The lowest BCUT2D eigenvalue weighted by Crippen LogP contribution is -1.96. The van der Waals surface area contributed by atoms with Crippen LogP contribution >= 0.6 is 11.6 Å². The van der Waals surface area contributed by atoms with Gasteiger partial charge in [0.2, 0.25) is 0 Å². The monoisotopic (exact) mass is 350 g/mol. The molecule has 0 saturated carbocycles. The van der Waals surface area contributed by atoms with Crippen molar-refractivity contribution in [3.05, 3.63) is 95.6 Å². The highest BCUT2D eigenvalue weighted by atomic mass is 35.5. The first-order valence-corrected chi connectivity index (χ1v) is 8.66. The average molecular weight is 351 g/mol. The summed E-state index contributed by atoms with van der Waals surface area (Å²) >= 11 is 6.10. The maximum Gasteiger partial charge on any atom is 0.115 e. The van der Waals surface area contributed by atoms with Crippen LogP contribution in [0.3, 0.4) is 0 Å². The van der Waals surface area contributed by atoms with Gasteiger partial charge in [0.25, 0.3) is 0 Å². The van der Waals surface area contributed by atoms with Crippen LogP contribution in [0.15, 0.2) is 78.9 Å². The van der Waals surface area contributed by atoms with Crippen molar-refractivity contribution in [1.29, 1.82) is 0 Å². The maximum absolute atomic E-state index is 9.63. The molecule has 0 atom stereocenters. The highest BCUT2D eigenvalue weighted by Crippen LogP contribution is 2.35. The van der Waals surface area contributed by atoms with Crippen molar-refractivity contribution in [3.8, 4) is 11.5 Å². The van der Waals surface area contributed by atoms with Crippen molar-refractivity contribution >= 4 is 22.7 Å². The minimum absolute atomic E-state index is 0.229. The summed E-state index contributed by atoms with van der Waals surface area (Å²) in [5.74, 6) is 0.962. The van der Waals surface area contributed by atoms with Crippen LogP contribution in [0.4, 0.5) is 0 Å². The van der Waals surface area contributed by atoms with Gasteiger partial charge in [-0.3, -0.25) is 0 Å². The fraction of sp³-hybridized carbons (Fsp3) is 0.0909. The van der Waals surface area contributed by atoms with Crippen LogP contribution in [0.2, 0.25) is 0 Å². The van der Waals surface area contributed by atoms with Gasteiger partial charge in [0.1, 0.15) is 11.5 Å². The normalized spacial score (nSPS) is 10.4. The van der Waals surface area contributed by atoms with E-state index in [1.165, 1.54) is 0 Å². The van der Waals surface area contributed by atoms with Crippen molar-refractivity contribution in [2.75, 3.05) is 5.88 Å². The largest absolute Gasteiger partial charge is 0.508 e. The number of halogens is 1. The molecule has 3 aromatic carbocycles. The Bertz CT molecular complexity index is 803. The third kappa shape index (κ3) is 4.04. The summed E-state index contributed by atoms with van der Waals surface area (Å²) in [6.07, 6.45) is 0.711. The summed E-state index contributed by atoms with van der Waals surface area (Å²) in [4.78, 5) is 0. The SMILES string of the molecule is Oc1ccc(C(=C(CCCl)c2ccccc2)c2ccc(O)cc2)cc1. The van der Waals surface area contributed by atoms with E-state index in [1.807, 2.05) is 42.5 Å². The quantitative estimate of drug-likeness (QED) is 0.458. The zero-order chi connectivity index (χ0) is 17.6. The lowest BCUT2D eigenvalue weighted by molar-refractivity contribution is 0.475. The summed E-state index contributed by atoms with van der Waals surface area (Å²) < 4.78 is 0. The van der Waals surface area contributed by atoms with Gasteiger partial charge in [-0.1, -0.05) is 54.6 Å². The Balaban J connectivity index is 2.26. The Morgan fingerprint density at radius 3 is 1.56 bits per heavy atom. The lowest BCUT2D eigenvalue weighted by atomic mass is 9.88. The van der Waals surface area contributed by atoms with Crippen molar-refractivity contribution in [2.24, 2.45) is 0 Å². The fourth-order valence-electron chi connectivity index (χ4n) is 2.92. The molecule has 0 fully saturated rings. The molecule has 2 N–H and O–H groups in total. The smallest absolute Gasteiger partial charge is 0.115 e. The molecule has 0 unspecified atom stereocenters. The van der Waals surface area contributed by atoms with Crippen LogP contribution in [0.25, 0.3) is 11.1 Å². The zero-order valence-corrected chi connectivity index (χ0v) is 14.4. The molecule has 3 heteroatoms. The van der Waals surface area contributed by atoms with Gasteiger partial charge in [-0.25, -0.2) is 0 Å². The average Bonchev–Trinajstić information content (AvgIpc) is 2.65. The summed E-state index contributed by atoms with van der Waals surface area (Å²) in [6, 6.07) is 24.5. The molecule has 0 amide bonds. The van der Waals surface area contributed by atoms with E-state index in [9.17, 15) is 10.2 Å². The van der Waals surface area contributed by atoms with Crippen molar-refractivity contribution in [3.63, 3.8) is 0 Å². The van der Waals surface area contributed by atoms with E-state index in [-0.39, 0.29) is 11.5 Å². The van der Waals surface area contributed by atoms with Gasteiger partial charge >= 0.3 is 0 Å². The van der Waals surface area contributed by atoms with Crippen LogP contribution in [-0.4, -0.2) is 16.1 Å². The molecule has 126 valence electrons. The number of phenolic OH excluding ortho intramolecular Hbond substituents is 2. The maximum atomic E-state index is 9.63. The third-order valence-electron chi connectivity index (χ3n) is 4.08. The van der Waals surface area contributed by atoms with Crippen LogP contribution in [-0.2, 0) is 0 Å². The number of hydrogen-bond donors (Lipinski definition) is 2. The minimum Gasteiger partial charge on any atom is -0.508 e. The molecular formula is C22H19ClO2. The molecule has 3 aromatic rings. The summed E-state index contributed by atoms with van der Waals surface area (Å²) in [7, 11) is 0. The van der Waals surface area contributed by atoms with Crippen LogP contribution in [0, 0.1) is 0 Å². The molecule has 0 spiro atoms.